The molecule has 1 unspecified atom stereocenters. The van der Waals surface area contributed by atoms with Crippen LogP contribution in [0.1, 0.15) is 31.9 Å². The fraction of sp³-hybridized carbons (Fsp3) is 0.310. The summed E-state index contributed by atoms with van der Waals surface area (Å²) < 4.78 is 40.3. The van der Waals surface area contributed by atoms with Gasteiger partial charge in [0.1, 0.15) is 18.4 Å². The van der Waals surface area contributed by atoms with E-state index in [0.717, 1.165) is 16.1 Å². The number of halogens is 4. The molecule has 1 atom stereocenters. The molecule has 0 aliphatic carbocycles. The fourth-order valence-electron chi connectivity index (χ4n) is 4.09. The Hall–Kier alpha value is -2.85. The van der Waals surface area contributed by atoms with E-state index in [1.165, 1.54) is 41.3 Å². The van der Waals surface area contributed by atoms with Crippen molar-refractivity contribution in [3.8, 4) is 0 Å². The van der Waals surface area contributed by atoms with Gasteiger partial charge in [-0.3, -0.25) is 13.9 Å². The number of sulfonamides is 1. The maximum Gasteiger partial charge on any atom is 0.244 e. The van der Waals surface area contributed by atoms with Gasteiger partial charge in [-0.2, -0.15) is 0 Å². The van der Waals surface area contributed by atoms with Crippen LogP contribution < -0.4 is 9.62 Å². The highest BCUT2D eigenvalue weighted by Gasteiger charge is 2.35. The third-order valence-electron chi connectivity index (χ3n) is 5.97. The minimum Gasteiger partial charge on any atom is -0.350 e. The molecule has 220 valence electrons. The number of hydrogen-bond acceptors (Lipinski definition) is 4. The molecule has 0 heterocycles. The molecule has 0 fully saturated rings. The molecule has 0 saturated heterocycles. The summed E-state index contributed by atoms with van der Waals surface area (Å²) in [6.07, 6.45) is 1.07. The third-order valence-corrected chi connectivity index (χ3v) is 8.12. The number of hydrogen-bond donors (Lipinski definition) is 1. The lowest BCUT2D eigenvalue weighted by Gasteiger charge is -2.35. The minimum absolute atomic E-state index is 0.0333. The van der Waals surface area contributed by atoms with E-state index >= 15 is 0 Å². The van der Waals surface area contributed by atoms with E-state index in [4.69, 9.17) is 34.8 Å². The van der Waals surface area contributed by atoms with E-state index in [9.17, 15) is 22.4 Å². The molecule has 41 heavy (non-hydrogen) atoms. The number of carbonyl (C=O) groups is 2. The molecule has 0 aromatic heterocycles. The van der Waals surface area contributed by atoms with E-state index in [2.05, 4.69) is 5.32 Å². The van der Waals surface area contributed by atoms with Crippen molar-refractivity contribution in [3.63, 3.8) is 0 Å². The molecular formula is C29H31Cl3FN3O4S. The van der Waals surface area contributed by atoms with Gasteiger partial charge < -0.3 is 10.2 Å². The monoisotopic (exact) mass is 641 g/mol. The summed E-state index contributed by atoms with van der Waals surface area (Å²) in [7, 11) is -4.06. The number of benzene rings is 3. The summed E-state index contributed by atoms with van der Waals surface area (Å²) in [5, 5.41) is 3.05. The molecule has 3 aromatic carbocycles. The Bertz CT molecular complexity index is 1500. The van der Waals surface area contributed by atoms with Crippen molar-refractivity contribution in [2.45, 2.75) is 45.3 Å². The van der Waals surface area contributed by atoms with Gasteiger partial charge in [0.15, 0.2) is 0 Å². The summed E-state index contributed by atoms with van der Waals surface area (Å²) in [4.78, 5) is 29.1. The molecule has 1 N–H and O–H groups in total. The van der Waals surface area contributed by atoms with E-state index in [1.807, 2.05) is 51.1 Å². The second-order valence-electron chi connectivity index (χ2n) is 10.6. The Balaban J connectivity index is 2.11. The quantitative estimate of drug-likeness (QED) is 0.271. The second kappa shape index (κ2) is 13.4. The smallest absolute Gasteiger partial charge is 0.244 e. The van der Waals surface area contributed by atoms with Gasteiger partial charge in [0.25, 0.3) is 0 Å². The Kier molecular flexibility index (Phi) is 10.7. The highest BCUT2D eigenvalue weighted by molar-refractivity contribution is 7.92. The molecule has 0 bridgehead atoms. The van der Waals surface area contributed by atoms with Gasteiger partial charge in [0.2, 0.25) is 21.8 Å². The van der Waals surface area contributed by atoms with E-state index in [1.54, 1.807) is 0 Å². The van der Waals surface area contributed by atoms with Gasteiger partial charge in [0.05, 0.1) is 27.0 Å². The highest BCUT2D eigenvalue weighted by atomic mass is 35.5. The summed E-state index contributed by atoms with van der Waals surface area (Å²) in [5.41, 5.74) is 0.659. The lowest BCUT2D eigenvalue weighted by Crippen LogP contribution is -2.56. The predicted octanol–water partition coefficient (Wildman–Crippen LogP) is 6.11. The number of anilines is 1. The molecule has 3 aromatic rings. The first-order chi connectivity index (χ1) is 19.0. The van der Waals surface area contributed by atoms with Crippen LogP contribution in [0.25, 0.3) is 0 Å². The zero-order valence-corrected chi connectivity index (χ0v) is 26.1. The van der Waals surface area contributed by atoms with Crippen molar-refractivity contribution in [3.05, 3.63) is 98.7 Å². The molecule has 0 saturated carbocycles. The molecule has 0 radical (unpaired) electrons. The standard InChI is InChI=1S/C29H31Cl3FN3O4S/c1-29(2,3)34-28(38)26(14-19-8-6-5-7-9-19)35(17-20-10-12-21(33)13-11-20)27(37)18-36(41(4,39)40)25-16-23(31)22(30)15-24(25)32/h5-13,15-16,26H,14,17-18H2,1-4H3,(H,34,38). The van der Waals surface area contributed by atoms with Gasteiger partial charge in [-0.05, 0) is 56.2 Å². The number of carbonyl (C=O) groups excluding carboxylic acids is 2. The van der Waals surface area contributed by atoms with Crippen molar-refractivity contribution in [1.82, 2.24) is 10.2 Å². The zero-order valence-electron chi connectivity index (χ0n) is 23.0. The topological polar surface area (TPSA) is 86.8 Å². The number of rotatable bonds is 10. The molecule has 0 aliphatic rings. The fourth-order valence-corrected chi connectivity index (χ4v) is 5.64. The lowest BCUT2D eigenvalue weighted by atomic mass is 10.0. The average molecular weight is 643 g/mol. The van der Waals surface area contributed by atoms with Crippen molar-refractivity contribution in [2.75, 3.05) is 17.1 Å². The van der Waals surface area contributed by atoms with Crippen LogP contribution in [0.3, 0.4) is 0 Å². The predicted molar refractivity (Wildman–Crippen MR) is 162 cm³/mol. The molecule has 2 amide bonds. The maximum atomic E-state index is 14.1. The van der Waals surface area contributed by atoms with Crippen LogP contribution in [-0.2, 0) is 32.6 Å². The maximum absolute atomic E-state index is 14.1. The van der Waals surface area contributed by atoms with Crippen LogP contribution in [0.4, 0.5) is 10.1 Å². The highest BCUT2D eigenvalue weighted by Crippen LogP contribution is 2.35. The summed E-state index contributed by atoms with van der Waals surface area (Å²) in [6, 6.07) is 16.1. The molecule has 12 heteroatoms. The number of nitrogens with zero attached hydrogens (tertiary/aromatic N) is 2. The third kappa shape index (κ3) is 9.33. The Morgan fingerprint density at radius 3 is 2.05 bits per heavy atom. The first-order valence-corrected chi connectivity index (χ1v) is 15.6. The van der Waals surface area contributed by atoms with Crippen molar-refractivity contribution in [1.29, 1.82) is 0 Å². The molecular weight excluding hydrogens is 612 g/mol. The van der Waals surface area contributed by atoms with Gasteiger partial charge in [0, 0.05) is 18.5 Å². The van der Waals surface area contributed by atoms with E-state index < -0.39 is 45.8 Å². The van der Waals surface area contributed by atoms with Crippen LogP contribution in [0, 0.1) is 5.82 Å². The first kappa shape index (κ1) is 32.7. The van der Waals surface area contributed by atoms with Crippen LogP contribution >= 0.6 is 34.8 Å². The Morgan fingerprint density at radius 2 is 1.49 bits per heavy atom. The summed E-state index contributed by atoms with van der Waals surface area (Å²) in [6.45, 7) is 4.66. The van der Waals surface area contributed by atoms with Crippen molar-refractivity contribution in [2.24, 2.45) is 0 Å². The van der Waals surface area contributed by atoms with Crippen LogP contribution in [0.15, 0.2) is 66.7 Å². The molecule has 0 aliphatic heterocycles. The van der Waals surface area contributed by atoms with Gasteiger partial charge in [-0.1, -0.05) is 77.3 Å². The Morgan fingerprint density at radius 1 is 0.902 bits per heavy atom. The van der Waals surface area contributed by atoms with Crippen molar-refractivity contribution >= 4 is 62.3 Å². The summed E-state index contributed by atoms with van der Waals surface area (Å²) >= 11 is 18.5. The minimum atomic E-state index is -4.06. The van der Waals surface area contributed by atoms with Gasteiger partial charge in [-0.25, -0.2) is 12.8 Å². The normalized spacial score (nSPS) is 12.5. The van der Waals surface area contributed by atoms with Crippen LogP contribution in [0.5, 0.6) is 0 Å². The first-order valence-electron chi connectivity index (χ1n) is 12.6. The van der Waals surface area contributed by atoms with Crippen molar-refractivity contribution < 1.29 is 22.4 Å². The zero-order chi connectivity index (χ0) is 30.5. The van der Waals surface area contributed by atoms with Gasteiger partial charge >= 0.3 is 0 Å². The average Bonchev–Trinajstić information content (AvgIpc) is 2.87. The number of nitrogens with one attached hydrogen (secondary N) is 1. The molecule has 7 nitrogen and oxygen atoms in total. The largest absolute Gasteiger partial charge is 0.350 e. The SMILES string of the molecule is CC(C)(C)NC(=O)C(Cc1ccccc1)N(Cc1ccc(F)cc1)C(=O)CN(c1cc(Cl)c(Cl)cc1Cl)S(C)(=O)=O. The number of amides is 2. The Labute approximate surface area is 255 Å². The molecule has 0 spiro atoms. The second-order valence-corrected chi connectivity index (χ2v) is 13.7. The van der Waals surface area contributed by atoms with Crippen LogP contribution in [-0.4, -0.2) is 49.5 Å². The molecule has 3 rings (SSSR count). The van der Waals surface area contributed by atoms with Crippen LogP contribution in [0.2, 0.25) is 15.1 Å². The van der Waals surface area contributed by atoms with E-state index in [0.29, 0.717) is 5.56 Å². The van der Waals surface area contributed by atoms with E-state index in [-0.39, 0.29) is 33.7 Å². The summed E-state index contributed by atoms with van der Waals surface area (Å²) in [5.74, 6) is -1.59. The lowest BCUT2D eigenvalue weighted by molar-refractivity contribution is -0.140. The van der Waals surface area contributed by atoms with Gasteiger partial charge in [-0.15, -0.1) is 0 Å².